The standard InChI is InChI=1S/C19H17BrClN3O3/c1-27-9-8-22-18(25)12-7-6-11(10-14(12)21)23-19(26)17-16(20)13-4-2-3-5-15(13)24-17/h2-7,10,24H,8-9H2,1H3,(H,22,25)(H,23,26). The van der Waals surface area contributed by atoms with E-state index >= 15 is 0 Å². The van der Waals surface area contributed by atoms with Crippen molar-refractivity contribution in [1.82, 2.24) is 10.3 Å². The Labute approximate surface area is 169 Å². The summed E-state index contributed by atoms with van der Waals surface area (Å²) in [6.07, 6.45) is 0. The van der Waals surface area contributed by atoms with Crippen LogP contribution in [0.5, 0.6) is 0 Å². The number of para-hydroxylation sites is 1. The minimum atomic E-state index is -0.313. The summed E-state index contributed by atoms with van der Waals surface area (Å²) in [4.78, 5) is 27.8. The van der Waals surface area contributed by atoms with Crippen molar-refractivity contribution >= 4 is 55.9 Å². The Balaban J connectivity index is 1.75. The SMILES string of the molecule is COCCNC(=O)c1ccc(NC(=O)c2[nH]c3ccccc3c2Br)cc1Cl. The second-order valence-electron chi connectivity index (χ2n) is 5.76. The first-order valence-corrected chi connectivity index (χ1v) is 9.32. The highest BCUT2D eigenvalue weighted by Gasteiger charge is 2.17. The molecule has 2 amide bonds. The van der Waals surface area contributed by atoms with Gasteiger partial charge in [-0.15, -0.1) is 0 Å². The molecule has 27 heavy (non-hydrogen) atoms. The van der Waals surface area contributed by atoms with Gasteiger partial charge in [0.25, 0.3) is 11.8 Å². The number of fused-ring (bicyclic) bond motifs is 1. The van der Waals surface area contributed by atoms with Crippen LogP contribution in [0.3, 0.4) is 0 Å². The molecule has 140 valence electrons. The van der Waals surface area contributed by atoms with E-state index in [1.807, 2.05) is 24.3 Å². The van der Waals surface area contributed by atoms with Gasteiger partial charge < -0.3 is 20.4 Å². The van der Waals surface area contributed by atoms with Gasteiger partial charge in [0.15, 0.2) is 0 Å². The number of nitrogens with one attached hydrogen (secondary N) is 3. The molecule has 0 fully saturated rings. The van der Waals surface area contributed by atoms with E-state index < -0.39 is 0 Å². The number of H-pyrrole nitrogens is 1. The molecule has 0 spiro atoms. The number of ether oxygens (including phenoxy) is 1. The van der Waals surface area contributed by atoms with Crippen LogP contribution in [0.1, 0.15) is 20.8 Å². The molecule has 0 saturated carbocycles. The third kappa shape index (κ3) is 4.32. The third-order valence-electron chi connectivity index (χ3n) is 3.93. The van der Waals surface area contributed by atoms with E-state index in [1.165, 1.54) is 0 Å². The van der Waals surface area contributed by atoms with Crippen molar-refractivity contribution in [3.05, 3.63) is 63.2 Å². The molecule has 0 unspecified atom stereocenters. The summed E-state index contributed by atoms with van der Waals surface area (Å²) < 4.78 is 5.58. The lowest BCUT2D eigenvalue weighted by molar-refractivity contribution is 0.0936. The number of carbonyl (C=O) groups is 2. The lowest BCUT2D eigenvalue weighted by atomic mass is 10.2. The monoisotopic (exact) mass is 449 g/mol. The van der Waals surface area contributed by atoms with Crippen LogP contribution >= 0.6 is 27.5 Å². The van der Waals surface area contributed by atoms with E-state index in [0.29, 0.717) is 34.6 Å². The largest absolute Gasteiger partial charge is 0.383 e. The number of carbonyl (C=O) groups excluding carboxylic acids is 2. The molecule has 0 aliphatic carbocycles. The molecule has 8 heteroatoms. The zero-order valence-corrected chi connectivity index (χ0v) is 16.8. The number of benzene rings is 2. The molecular weight excluding hydrogens is 434 g/mol. The van der Waals surface area contributed by atoms with Gasteiger partial charge in [0, 0.05) is 30.2 Å². The molecule has 3 aromatic rings. The van der Waals surface area contributed by atoms with Crippen LogP contribution in [-0.2, 0) is 4.74 Å². The Bertz CT molecular complexity index is 1000. The number of methoxy groups -OCH3 is 1. The van der Waals surface area contributed by atoms with Gasteiger partial charge >= 0.3 is 0 Å². The minimum absolute atomic E-state index is 0.249. The van der Waals surface area contributed by atoms with E-state index in [0.717, 1.165) is 10.9 Å². The van der Waals surface area contributed by atoms with Gasteiger partial charge in [-0.1, -0.05) is 29.8 Å². The number of aromatic amines is 1. The second-order valence-corrected chi connectivity index (χ2v) is 6.96. The number of halogens is 2. The topological polar surface area (TPSA) is 83.2 Å². The molecule has 0 bridgehead atoms. The van der Waals surface area contributed by atoms with Gasteiger partial charge in [-0.25, -0.2) is 0 Å². The zero-order valence-electron chi connectivity index (χ0n) is 14.4. The molecule has 0 radical (unpaired) electrons. The van der Waals surface area contributed by atoms with Crippen LogP contribution in [-0.4, -0.2) is 37.1 Å². The maximum Gasteiger partial charge on any atom is 0.273 e. The summed E-state index contributed by atoms with van der Waals surface area (Å²) in [7, 11) is 1.56. The van der Waals surface area contributed by atoms with E-state index in [4.69, 9.17) is 16.3 Å². The predicted molar refractivity (Wildman–Crippen MR) is 110 cm³/mol. The van der Waals surface area contributed by atoms with Crippen molar-refractivity contribution < 1.29 is 14.3 Å². The quantitative estimate of drug-likeness (QED) is 0.492. The molecule has 0 atom stereocenters. The highest BCUT2D eigenvalue weighted by molar-refractivity contribution is 9.10. The van der Waals surface area contributed by atoms with Crippen LogP contribution < -0.4 is 10.6 Å². The van der Waals surface area contributed by atoms with Crippen LogP contribution in [0.15, 0.2) is 46.9 Å². The molecule has 1 aromatic heterocycles. The van der Waals surface area contributed by atoms with Crippen molar-refractivity contribution in [2.45, 2.75) is 0 Å². The maximum atomic E-state index is 12.6. The highest BCUT2D eigenvalue weighted by Crippen LogP contribution is 2.28. The number of hydrogen-bond donors (Lipinski definition) is 3. The van der Waals surface area contributed by atoms with Crippen LogP contribution in [0.4, 0.5) is 5.69 Å². The summed E-state index contributed by atoms with van der Waals surface area (Å²) in [5.74, 6) is -0.611. The van der Waals surface area contributed by atoms with Crippen LogP contribution in [0, 0.1) is 0 Å². The number of amides is 2. The number of rotatable bonds is 6. The van der Waals surface area contributed by atoms with Gasteiger partial charge in [-0.2, -0.15) is 0 Å². The Morgan fingerprint density at radius 2 is 1.96 bits per heavy atom. The predicted octanol–water partition coefficient (Wildman–Crippen LogP) is 4.21. The average Bonchev–Trinajstić information content (AvgIpc) is 2.99. The summed E-state index contributed by atoms with van der Waals surface area (Å²) in [5.41, 5.74) is 2.09. The minimum Gasteiger partial charge on any atom is -0.383 e. The van der Waals surface area contributed by atoms with Crippen LogP contribution in [0.2, 0.25) is 5.02 Å². The molecule has 3 rings (SSSR count). The van der Waals surface area contributed by atoms with Crippen molar-refractivity contribution in [1.29, 1.82) is 0 Å². The van der Waals surface area contributed by atoms with Crippen molar-refractivity contribution in [3.8, 4) is 0 Å². The molecule has 0 aliphatic rings. The Hall–Kier alpha value is -2.35. The summed E-state index contributed by atoms with van der Waals surface area (Å²) in [5, 5.41) is 6.65. The van der Waals surface area contributed by atoms with Gasteiger partial charge in [-0.05, 0) is 40.2 Å². The normalized spacial score (nSPS) is 10.8. The first-order valence-electron chi connectivity index (χ1n) is 8.15. The van der Waals surface area contributed by atoms with Crippen molar-refractivity contribution in [2.75, 3.05) is 25.6 Å². The van der Waals surface area contributed by atoms with Crippen LogP contribution in [0.25, 0.3) is 10.9 Å². The molecule has 2 aromatic carbocycles. The summed E-state index contributed by atoms with van der Waals surface area (Å²) in [6.45, 7) is 0.801. The number of hydrogen-bond acceptors (Lipinski definition) is 3. The molecular formula is C19H17BrClN3O3. The second kappa shape index (κ2) is 8.56. The fourth-order valence-corrected chi connectivity index (χ4v) is 3.49. The smallest absolute Gasteiger partial charge is 0.273 e. The lowest BCUT2D eigenvalue weighted by Gasteiger charge is -2.09. The maximum absolute atomic E-state index is 12.6. The number of anilines is 1. The van der Waals surface area contributed by atoms with Gasteiger partial charge in [0.2, 0.25) is 0 Å². The molecule has 3 N–H and O–H groups in total. The molecule has 6 nitrogen and oxygen atoms in total. The van der Waals surface area contributed by atoms with Gasteiger partial charge in [-0.3, -0.25) is 9.59 Å². The zero-order chi connectivity index (χ0) is 19.4. The Morgan fingerprint density at radius 3 is 2.67 bits per heavy atom. The first-order chi connectivity index (χ1) is 13.0. The Morgan fingerprint density at radius 1 is 1.19 bits per heavy atom. The van der Waals surface area contributed by atoms with Crippen molar-refractivity contribution in [2.24, 2.45) is 0 Å². The fourth-order valence-electron chi connectivity index (χ4n) is 2.60. The number of aromatic nitrogens is 1. The summed E-state index contributed by atoms with van der Waals surface area (Å²) >= 11 is 9.66. The molecule has 0 aliphatic heterocycles. The highest BCUT2D eigenvalue weighted by atomic mass is 79.9. The molecule has 0 saturated heterocycles. The van der Waals surface area contributed by atoms with Crippen molar-refractivity contribution in [3.63, 3.8) is 0 Å². The Kier molecular flexibility index (Phi) is 6.15. The lowest BCUT2D eigenvalue weighted by Crippen LogP contribution is -2.27. The third-order valence-corrected chi connectivity index (χ3v) is 5.07. The van der Waals surface area contributed by atoms with Gasteiger partial charge in [0.1, 0.15) is 5.69 Å². The van der Waals surface area contributed by atoms with E-state index in [-0.39, 0.29) is 16.8 Å². The van der Waals surface area contributed by atoms with E-state index in [9.17, 15) is 9.59 Å². The van der Waals surface area contributed by atoms with Gasteiger partial charge in [0.05, 0.1) is 21.7 Å². The fraction of sp³-hybridized carbons (Fsp3) is 0.158. The molecule has 1 heterocycles. The van der Waals surface area contributed by atoms with E-state index in [1.54, 1.807) is 25.3 Å². The van der Waals surface area contributed by atoms with E-state index in [2.05, 4.69) is 31.5 Å². The summed E-state index contributed by atoms with van der Waals surface area (Å²) in [6, 6.07) is 12.3. The first kappa shape index (κ1) is 19.4. The average molecular weight is 451 g/mol.